The SMILES string of the molecule is C=C(C)CNCc1c(C(=O)OCC)cnn1C. The molecule has 0 radical (unpaired) electrons. The molecule has 0 aliphatic heterocycles. The van der Waals surface area contributed by atoms with Crippen LogP contribution in [0, 0.1) is 0 Å². The molecule has 0 fully saturated rings. The predicted molar refractivity (Wildman–Crippen MR) is 65.7 cm³/mol. The molecule has 0 aliphatic rings. The largest absolute Gasteiger partial charge is 0.462 e. The maximum absolute atomic E-state index is 11.7. The first-order chi connectivity index (χ1) is 8.06. The van der Waals surface area contributed by atoms with Crippen LogP contribution in [0.2, 0.25) is 0 Å². The van der Waals surface area contributed by atoms with E-state index in [0.717, 1.165) is 11.3 Å². The van der Waals surface area contributed by atoms with Crippen molar-refractivity contribution >= 4 is 5.97 Å². The lowest BCUT2D eigenvalue weighted by molar-refractivity contribution is 0.0524. The highest BCUT2D eigenvalue weighted by atomic mass is 16.5. The summed E-state index contributed by atoms with van der Waals surface area (Å²) in [7, 11) is 1.81. The molecule has 1 N–H and O–H groups in total. The van der Waals surface area contributed by atoms with Gasteiger partial charge in [0.15, 0.2) is 0 Å². The molecule has 0 spiro atoms. The molecule has 0 amide bonds. The second-order valence-electron chi connectivity index (χ2n) is 3.91. The molecular weight excluding hydrogens is 218 g/mol. The maximum atomic E-state index is 11.7. The molecular formula is C12H19N3O2. The zero-order valence-electron chi connectivity index (χ0n) is 10.6. The molecule has 1 aromatic rings. The van der Waals surface area contributed by atoms with Gasteiger partial charge in [0.1, 0.15) is 5.56 Å². The zero-order chi connectivity index (χ0) is 12.8. The van der Waals surface area contributed by atoms with Crippen molar-refractivity contribution in [2.24, 2.45) is 7.05 Å². The summed E-state index contributed by atoms with van der Waals surface area (Å²) in [4.78, 5) is 11.7. The van der Waals surface area contributed by atoms with Gasteiger partial charge in [0.25, 0.3) is 0 Å². The molecule has 0 unspecified atom stereocenters. The number of esters is 1. The minimum Gasteiger partial charge on any atom is -0.462 e. The molecule has 0 aromatic carbocycles. The van der Waals surface area contributed by atoms with Gasteiger partial charge in [-0.05, 0) is 13.8 Å². The Bertz CT molecular complexity index is 410. The lowest BCUT2D eigenvalue weighted by Gasteiger charge is -2.07. The summed E-state index contributed by atoms with van der Waals surface area (Å²) in [6.45, 7) is 9.19. The van der Waals surface area contributed by atoms with Crippen LogP contribution in [0.4, 0.5) is 0 Å². The number of ether oxygens (including phenoxy) is 1. The van der Waals surface area contributed by atoms with Gasteiger partial charge in [0.05, 0.1) is 18.5 Å². The molecule has 17 heavy (non-hydrogen) atoms. The van der Waals surface area contributed by atoms with E-state index in [4.69, 9.17) is 4.74 Å². The number of carbonyl (C=O) groups is 1. The van der Waals surface area contributed by atoms with Gasteiger partial charge < -0.3 is 10.1 Å². The number of aryl methyl sites for hydroxylation is 1. The van der Waals surface area contributed by atoms with Crippen molar-refractivity contribution < 1.29 is 9.53 Å². The highest BCUT2D eigenvalue weighted by Crippen LogP contribution is 2.09. The quantitative estimate of drug-likeness (QED) is 0.598. The highest BCUT2D eigenvalue weighted by molar-refractivity contribution is 5.90. The molecule has 5 heteroatoms. The van der Waals surface area contributed by atoms with Crippen molar-refractivity contribution in [1.82, 2.24) is 15.1 Å². The Balaban J connectivity index is 2.72. The fraction of sp³-hybridized carbons (Fsp3) is 0.500. The van der Waals surface area contributed by atoms with Gasteiger partial charge in [0.2, 0.25) is 0 Å². The average molecular weight is 237 g/mol. The van der Waals surface area contributed by atoms with Crippen LogP contribution < -0.4 is 5.32 Å². The Labute approximate surface area is 101 Å². The molecule has 94 valence electrons. The van der Waals surface area contributed by atoms with Crippen LogP contribution in [0.15, 0.2) is 18.3 Å². The molecule has 1 aromatic heterocycles. The summed E-state index contributed by atoms with van der Waals surface area (Å²) in [6, 6.07) is 0. The normalized spacial score (nSPS) is 10.3. The zero-order valence-corrected chi connectivity index (χ0v) is 10.6. The minimum atomic E-state index is -0.326. The van der Waals surface area contributed by atoms with E-state index in [0.29, 0.717) is 25.3 Å². The van der Waals surface area contributed by atoms with Gasteiger partial charge in [0, 0.05) is 20.1 Å². The Morgan fingerprint density at radius 1 is 1.65 bits per heavy atom. The molecule has 0 bridgehead atoms. The van der Waals surface area contributed by atoms with Crippen molar-refractivity contribution in [3.63, 3.8) is 0 Å². The average Bonchev–Trinajstić information content (AvgIpc) is 2.60. The van der Waals surface area contributed by atoms with Crippen LogP contribution in [0.1, 0.15) is 29.9 Å². The Hall–Kier alpha value is -1.62. The first kappa shape index (κ1) is 13.4. The number of rotatable bonds is 6. The van der Waals surface area contributed by atoms with Crippen LogP contribution in [0.5, 0.6) is 0 Å². The second kappa shape index (κ2) is 6.20. The predicted octanol–water partition coefficient (Wildman–Crippen LogP) is 1.26. The summed E-state index contributed by atoms with van der Waals surface area (Å²) in [5.41, 5.74) is 2.39. The highest BCUT2D eigenvalue weighted by Gasteiger charge is 2.16. The number of hydrogen-bond donors (Lipinski definition) is 1. The molecule has 0 atom stereocenters. The van der Waals surface area contributed by atoms with Crippen LogP contribution in [0.25, 0.3) is 0 Å². The molecule has 0 saturated heterocycles. The van der Waals surface area contributed by atoms with E-state index >= 15 is 0 Å². The molecule has 0 aliphatic carbocycles. The number of nitrogens with zero attached hydrogens (tertiary/aromatic N) is 2. The van der Waals surface area contributed by atoms with Gasteiger partial charge in [-0.25, -0.2) is 4.79 Å². The third-order valence-corrected chi connectivity index (χ3v) is 2.28. The Morgan fingerprint density at radius 2 is 2.35 bits per heavy atom. The number of carbonyl (C=O) groups excluding carboxylic acids is 1. The van der Waals surface area contributed by atoms with Gasteiger partial charge in [-0.1, -0.05) is 12.2 Å². The summed E-state index contributed by atoms with van der Waals surface area (Å²) in [6.07, 6.45) is 1.54. The Morgan fingerprint density at radius 3 is 2.94 bits per heavy atom. The number of aromatic nitrogens is 2. The fourth-order valence-electron chi connectivity index (χ4n) is 1.45. The summed E-state index contributed by atoms with van der Waals surface area (Å²) in [5, 5.41) is 7.27. The lowest BCUT2D eigenvalue weighted by Crippen LogP contribution is -2.20. The van der Waals surface area contributed by atoms with Crippen molar-refractivity contribution in [2.75, 3.05) is 13.2 Å². The van der Waals surface area contributed by atoms with Crippen LogP contribution in [-0.2, 0) is 18.3 Å². The van der Waals surface area contributed by atoms with E-state index in [9.17, 15) is 4.79 Å². The second-order valence-corrected chi connectivity index (χ2v) is 3.91. The van der Waals surface area contributed by atoms with E-state index in [2.05, 4.69) is 17.0 Å². The molecule has 5 nitrogen and oxygen atoms in total. The van der Waals surface area contributed by atoms with Crippen molar-refractivity contribution in [3.05, 3.63) is 29.6 Å². The van der Waals surface area contributed by atoms with E-state index in [1.165, 1.54) is 6.20 Å². The summed E-state index contributed by atoms with van der Waals surface area (Å²) in [5.74, 6) is -0.326. The third-order valence-electron chi connectivity index (χ3n) is 2.28. The molecule has 0 saturated carbocycles. The third kappa shape index (κ3) is 3.71. The van der Waals surface area contributed by atoms with Gasteiger partial charge >= 0.3 is 5.97 Å². The first-order valence-corrected chi connectivity index (χ1v) is 5.59. The first-order valence-electron chi connectivity index (χ1n) is 5.59. The fourth-order valence-corrected chi connectivity index (χ4v) is 1.45. The van der Waals surface area contributed by atoms with Gasteiger partial charge in [-0.3, -0.25) is 4.68 Å². The number of hydrogen-bond acceptors (Lipinski definition) is 4. The van der Waals surface area contributed by atoms with Crippen molar-refractivity contribution in [2.45, 2.75) is 20.4 Å². The van der Waals surface area contributed by atoms with Crippen LogP contribution >= 0.6 is 0 Å². The van der Waals surface area contributed by atoms with Gasteiger partial charge in [-0.2, -0.15) is 5.10 Å². The van der Waals surface area contributed by atoms with E-state index in [1.54, 1.807) is 18.7 Å². The standard InChI is InChI=1S/C12H19N3O2/c1-5-17-12(16)10-7-14-15(4)11(10)8-13-6-9(2)3/h7,13H,2,5-6,8H2,1,3-4H3. The van der Waals surface area contributed by atoms with E-state index in [-0.39, 0.29) is 5.97 Å². The maximum Gasteiger partial charge on any atom is 0.341 e. The van der Waals surface area contributed by atoms with Crippen molar-refractivity contribution in [1.29, 1.82) is 0 Å². The summed E-state index contributed by atoms with van der Waals surface area (Å²) < 4.78 is 6.65. The minimum absolute atomic E-state index is 0.326. The van der Waals surface area contributed by atoms with Crippen LogP contribution in [-0.4, -0.2) is 28.9 Å². The smallest absolute Gasteiger partial charge is 0.341 e. The van der Waals surface area contributed by atoms with Gasteiger partial charge in [-0.15, -0.1) is 0 Å². The van der Waals surface area contributed by atoms with Crippen LogP contribution in [0.3, 0.4) is 0 Å². The van der Waals surface area contributed by atoms with E-state index in [1.807, 2.05) is 6.92 Å². The number of nitrogens with one attached hydrogen (secondary N) is 1. The Kier molecular flexibility index (Phi) is 4.90. The lowest BCUT2D eigenvalue weighted by atomic mass is 10.2. The summed E-state index contributed by atoms with van der Waals surface area (Å²) >= 11 is 0. The monoisotopic (exact) mass is 237 g/mol. The topological polar surface area (TPSA) is 56.1 Å². The molecule has 1 heterocycles. The molecule has 1 rings (SSSR count). The van der Waals surface area contributed by atoms with E-state index < -0.39 is 0 Å². The van der Waals surface area contributed by atoms with Crippen molar-refractivity contribution in [3.8, 4) is 0 Å².